The molecule has 0 amide bonds. The average molecular weight is 843 g/mol. The van der Waals surface area contributed by atoms with E-state index in [1.54, 1.807) is 27.7 Å². The Balaban J connectivity index is 0.000000394. The summed E-state index contributed by atoms with van der Waals surface area (Å²) in [6.07, 6.45) is 0.857. The molecule has 0 aromatic rings. The molecule has 0 spiro atoms. The topological polar surface area (TPSA) is 210 Å². The molecule has 0 saturated carbocycles. The van der Waals surface area contributed by atoms with E-state index in [9.17, 15) is 38.4 Å². The molecule has 16 nitrogen and oxygen atoms in total. The van der Waals surface area contributed by atoms with Gasteiger partial charge in [0, 0.05) is 17.8 Å². The molecular weight excluding hydrogens is 772 g/mol. The minimum Gasteiger partial charge on any atom is -0.463 e. The lowest BCUT2D eigenvalue weighted by Gasteiger charge is -2.27. The number of hydrogen-bond donors (Lipinski definition) is 0. The Morgan fingerprint density at radius 2 is 1.05 bits per heavy atom. The Kier molecular flexibility index (Phi) is 19.5. The van der Waals surface area contributed by atoms with Crippen molar-refractivity contribution in [1.29, 1.82) is 0 Å². The normalized spacial score (nSPS) is 23.6. The van der Waals surface area contributed by atoms with Gasteiger partial charge in [0.1, 0.15) is 19.3 Å². The zero-order valence-electron chi connectivity index (χ0n) is 38.0. The van der Waals surface area contributed by atoms with Gasteiger partial charge in [0.25, 0.3) is 0 Å². The minimum absolute atomic E-state index is 0.0471. The lowest BCUT2D eigenvalue weighted by atomic mass is 9.88. The van der Waals surface area contributed by atoms with Crippen LogP contribution in [-0.2, 0) is 76.3 Å². The molecule has 0 N–H and O–H groups in total. The molecule has 0 radical (unpaired) electrons. The van der Waals surface area contributed by atoms with Gasteiger partial charge in [-0.1, -0.05) is 48.5 Å². The first-order chi connectivity index (χ1) is 27.0. The van der Waals surface area contributed by atoms with Crippen molar-refractivity contribution in [1.82, 2.24) is 0 Å². The van der Waals surface area contributed by atoms with Crippen LogP contribution in [0.5, 0.6) is 0 Å². The summed E-state index contributed by atoms with van der Waals surface area (Å²) in [6, 6.07) is 0. The van der Waals surface area contributed by atoms with Gasteiger partial charge in [-0.05, 0) is 81.1 Å². The fourth-order valence-corrected chi connectivity index (χ4v) is 4.58. The third-order valence-corrected chi connectivity index (χ3v) is 11.2. The van der Waals surface area contributed by atoms with Crippen LogP contribution in [0.2, 0.25) is 0 Å². The lowest BCUT2D eigenvalue weighted by molar-refractivity contribution is -0.170. The predicted molar refractivity (Wildman–Crippen MR) is 212 cm³/mol. The van der Waals surface area contributed by atoms with Crippen LogP contribution >= 0.6 is 0 Å². The van der Waals surface area contributed by atoms with Gasteiger partial charge in [0.2, 0.25) is 18.3 Å². The Morgan fingerprint density at radius 1 is 0.593 bits per heavy atom. The minimum atomic E-state index is -0.772. The summed E-state index contributed by atoms with van der Waals surface area (Å²) in [7, 11) is 0. The molecule has 4 saturated heterocycles. The molecule has 4 fully saturated rings. The first kappa shape index (κ1) is 52.8. The lowest BCUT2D eigenvalue weighted by Crippen LogP contribution is -2.39. The van der Waals surface area contributed by atoms with Gasteiger partial charge in [0.05, 0.1) is 41.3 Å². The Labute approximate surface area is 349 Å². The second-order valence-corrected chi connectivity index (χ2v) is 18.5. The van der Waals surface area contributed by atoms with Crippen molar-refractivity contribution in [3.05, 3.63) is 0 Å². The van der Waals surface area contributed by atoms with E-state index in [0.717, 1.165) is 0 Å². The van der Waals surface area contributed by atoms with Crippen molar-refractivity contribution >= 4 is 47.8 Å². The number of ether oxygens (including phenoxy) is 8. The Hall–Kier alpha value is -4.24. The number of carbonyl (C=O) groups is 8. The van der Waals surface area contributed by atoms with E-state index in [0.29, 0.717) is 51.9 Å². The van der Waals surface area contributed by atoms with Crippen LogP contribution in [0.25, 0.3) is 0 Å². The number of rotatable bonds is 12. The largest absolute Gasteiger partial charge is 0.463 e. The molecule has 16 heteroatoms. The SMILES string of the molecule is CCC(C)(C)C(=O)OC1C(=O)OCC1(C)C.CCC(C)(C)C(=O)OC1C(=O)OCC1C.CCC(C)(C)C(=O)OC1CCOC1=O.CCC(C)(C)C(=O)OC1COC(=O)C1. The van der Waals surface area contributed by atoms with Crippen LogP contribution in [0, 0.1) is 33.0 Å². The highest BCUT2D eigenvalue weighted by molar-refractivity contribution is 5.85. The Morgan fingerprint density at radius 3 is 1.41 bits per heavy atom. The van der Waals surface area contributed by atoms with Crippen LogP contribution in [0.3, 0.4) is 0 Å². The summed E-state index contributed by atoms with van der Waals surface area (Å²) in [5.41, 5.74) is -2.54. The number of carbonyl (C=O) groups excluding carboxylic acids is 8. The van der Waals surface area contributed by atoms with E-state index >= 15 is 0 Å². The van der Waals surface area contributed by atoms with Gasteiger partial charge in [-0.3, -0.25) is 24.0 Å². The highest BCUT2D eigenvalue weighted by Gasteiger charge is 2.48. The second-order valence-electron chi connectivity index (χ2n) is 18.5. The summed E-state index contributed by atoms with van der Waals surface area (Å²) < 4.78 is 39.8. The Bertz CT molecular complexity index is 1510. The molecule has 338 valence electrons. The fraction of sp³-hybridized carbons (Fsp3) is 0.814. The molecule has 4 aliphatic rings. The summed E-state index contributed by atoms with van der Waals surface area (Å²) >= 11 is 0. The smallest absolute Gasteiger partial charge is 0.348 e. The number of cyclic esters (lactones) is 4. The molecular formula is C43H70O16. The van der Waals surface area contributed by atoms with Crippen molar-refractivity contribution in [3.8, 4) is 0 Å². The van der Waals surface area contributed by atoms with Gasteiger partial charge in [-0.2, -0.15) is 0 Å². The fourth-order valence-electron chi connectivity index (χ4n) is 4.58. The highest BCUT2D eigenvalue weighted by atomic mass is 16.6. The maximum absolute atomic E-state index is 11.9. The molecule has 0 aromatic carbocycles. The van der Waals surface area contributed by atoms with Gasteiger partial charge in [0.15, 0.2) is 0 Å². The summed E-state index contributed by atoms with van der Waals surface area (Å²) in [6.45, 7) is 28.9. The van der Waals surface area contributed by atoms with Crippen LogP contribution in [0.4, 0.5) is 0 Å². The number of hydrogen-bond acceptors (Lipinski definition) is 16. The van der Waals surface area contributed by atoms with Gasteiger partial charge >= 0.3 is 47.8 Å². The summed E-state index contributed by atoms with van der Waals surface area (Å²) in [4.78, 5) is 91.1. The first-order valence-electron chi connectivity index (χ1n) is 20.5. The third-order valence-electron chi connectivity index (χ3n) is 11.2. The maximum atomic E-state index is 11.9. The molecule has 0 aromatic heterocycles. The molecule has 0 aliphatic carbocycles. The van der Waals surface area contributed by atoms with E-state index in [2.05, 4.69) is 0 Å². The van der Waals surface area contributed by atoms with Crippen molar-refractivity contribution in [2.45, 2.75) is 167 Å². The third kappa shape index (κ3) is 15.7. The molecule has 4 aliphatic heterocycles. The number of esters is 8. The van der Waals surface area contributed by atoms with Gasteiger partial charge in [-0.25, -0.2) is 14.4 Å². The summed E-state index contributed by atoms with van der Waals surface area (Å²) in [5.74, 6) is -2.90. The van der Waals surface area contributed by atoms with Gasteiger partial charge < -0.3 is 37.9 Å². The molecule has 5 atom stereocenters. The average Bonchev–Trinajstić information content (AvgIpc) is 3.93. The first-order valence-corrected chi connectivity index (χ1v) is 20.5. The zero-order chi connectivity index (χ0) is 45.7. The predicted octanol–water partition coefficient (Wildman–Crippen LogP) is 6.01. The molecule has 4 heterocycles. The van der Waals surface area contributed by atoms with Crippen LogP contribution in [0.1, 0.15) is 142 Å². The summed E-state index contributed by atoms with van der Waals surface area (Å²) in [5, 5.41) is 0. The van der Waals surface area contributed by atoms with E-state index < -0.39 is 63.3 Å². The van der Waals surface area contributed by atoms with E-state index in [-0.39, 0.29) is 54.9 Å². The van der Waals surface area contributed by atoms with Gasteiger partial charge in [-0.15, -0.1) is 0 Å². The monoisotopic (exact) mass is 842 g/mol. The van der Waals surface area contributed by atoms with Crippen molar-refractivity contribution in [2.75, 3.05) is 26.4 Å². The van der Waals surface area contributed by atoms with Crippen molar-refractivity contribution in [2.24, 2.45) is 33.0 Å². The zero-order valence-corrected chi connectivity index (χ0v) is 38.0. The van der Waals surface area contributed by atoms with E-state index in [4.69, 9.17) is 37.9 Å². The molecule has 5 unspecified atom stereocenters. The van der Waals surface area contributed by atoms with Crippen LogP contribution < -0.4 is 0 Å². The standard InChI is InChI=1S/C12H20O4.C11H18O4.2C10H16O4/c1-6-11(2,3)10(14)16-8-9(13)15-7-12(8,4)5;1-5-11(3,4)10(13)15-8-7(2)6-14-9(8)12;1-4-10(2,3)9(12)14-7-5-8(11)13-6-7;1-4-10(2,3)9(12)14-7-5-6-13-8(7)11/h8H,6-7H2,1-5H3;7-8H,5-6H2,1-4H3;2*7H,4-6H2,1-3H3. The molecule has 4 rings (SSSR count). The van der Waals surface area contributed by atoms with Crippen LogP contribution in [0.15, 0.2) is 0 Å². The highest BCUT2D eigenvalue weighted by Crippen LogP contribution is 2.34. The van der Waals surface area contributed by atoms with Crippen molar-refractivity contribution in [3.63, 3.8) is 0 Å². The maximum Gasteiger partial charge on any atom is 0.348 e. The molecule has 59 heavy (non-hydrogen) atoms. The van der Waals surface area contributed by atoms with E-state index in [1.165, 1.54) is 0 Å². The second kappa shape index (κ2) is 21.8. The quantitative estimate of drug-likeness (QED) is 0.163. The van der Waals surface area contributed by atoms with Crippen LogP contribution in [-0.4, -0.2) is 98.6 Å². The molecule has 0 bridgehead atoms. The van der Waals surface area contributed by atoms with E-state index in [1.807, 2.05) is 76.2 Å². The van der Waals surface area contributed by atoms with Crippen molar-refractivity contribution < 1.29 is 76.3 Å².